The maximum Gasteiger partial charge on any atom is 0.129 e. The number of hydrogen-bond donors (Lipinski definition) is 0. The monoisotopic (exact) mass is 340 g/mol. The van der Waals surface area contributed by atoms with Crippen molar-refractivity contribution in [3.05, 3.63) is 0 Å². The molecule has 0 aromatic carbocycles. The molecule has 24 heavy (non-hydrogen) atoms. The van der Waals surface area contributed by atoms with Crippen LogP contribution < -0.4 is 0 Å². The van der Waals surface area contributed by atoms with Crippen molar-refractivity contribution in [3.8, 4) is 0 Å². The topological polar surface area (TPSA) is 34.1 Å². The average Bonchev–Trinajstić information content (AvgIpc) is 2.57. The molecule has 0 saturated carbocycles. The number of carbonyl (C=O) groups is 2. The molecule has 0 amide bonds. The summed E-state index contributed by atoms with van der Waals surface area (Å²) in [7, 11) is 0. The smallest absolute Gasteiger partial charge is 0.129 e. The fourth-order valence-corrected chi connectivity index (χ4v) is 2.69. The highest BCUT2D eigenvalue weighted by molar-refractivity contribution is 5.75. The third-order valence-corrected chi connectivity index (χ3v) is 4.31. The van der Waals surface area contributed by atoms with Gasteiger partial charge in [-0.3, -0.25) is 0 Å². The Morgan fingerprint density at radius 1 is 0.625 bits per heavy atom. The lowest BCUT2D eigenvalue weighted by atomic mass is 10.1. The Balaban J connectivity index is 0. The molecule has 144 valence electrons. The molecule has 0 rings (SSSR count). The second-order valence-electron chi connectivity index (χ2n) is 7.00. The summed E-state index contributed by atoms with van der Waals surface area (Å²) in [5.74, 6) is 0.341. The number of aldehydes is 1. The third-order valence-electron chi connectivity index (χ3n) is 4.31. The van der Waals surface area contributed by atoms with Crippen LogP contribution in [0.1, 0.15) is 130 Å². The highest BCUT2D eigenvalue weighted by Gasteiger charge is 1.94. The molecule has 0 bridgehead atoms. The molecule has 0 aliphatic heterocycles. The van der Waals surface area contributed by atoms with Gasteiger partial charge < -0.3 is 9.59 Å². The number of carbonyl (C=O) groups excluding carboxylic acids is 2. The van der Waals surface area contributed by atoms with Gasteiger partial charge in [-0.1, -0.05) is 97.3 Å². The van der Waals surface area contributed by atoms with Gasteiger partial charge in [-0.2, -0.15) is 0 Å². The van der Waals surface area contributed by atoms with Crippen LogP contribution >= 0.6 is 0 Å². The van der Waals surface area contributed by atoms with Crippen LogP contribution in [0.25, 0.3) is 0 Å². The van der Waals surface area contributed by atoms with Crippen molar-refractivity contribution in [3.63, 3.8) is 0 Å². The Kier molecular flexibility index (Phi) is 26.2. The molecule has 2 nitrogen and oxygen atoms in total. The summed E-state index contributed by atoms with van der Waals surface area (Å²) < 4.78 is 0. The van der Waals surface area contributed by atoms with Crippen molar-refractivity contribution in [1.29, 1.82) is 0 Å². The van der Waals surface area contributed by atoms with E-state index in [4.69, 9.17) is 0 Å². The summed E-state index contributed by atoms with van der Waals surface area (Å²) in [6.07, 6.45) is 22.1. The highest BCUT2D eigenvalue weighted by Crippen LogP contribution is 2.10. The zero-order valence-corrected chi connectivity index (χ0v) is 16.9. The van der Waals surface area contributed by atoms with Crippen molar-refractivity contribution in [2.75, 3.05) is 0 Å². The fourth-order valence-electron chi connectivity index (χ4n) is 2.69. The molecule has 0 heterocycles. The lowest BCUT2D eigenvalue weighted by molar-refractivity contribution is -0.117. The first-order chi connectivity index (χ1) is 11.7. The molecule has 0 fully saturated rings. The van der Waals surface area contributed by atoms with E-state index < -0.39 is 0 Å². The van der Waals surface area contributed by atoms with Gasteiger partial charge in [0.25, 0.3) is 0 Å². The van der Waals surface area contributed by atoms with E-state index in [-0.39, 0.29) is 0 Å². The zero-order chi connectivity index (χ0) is 18.3. The third kappa shape index (κ3) is 29.4. The van der Waals surface area contributed by atoms with Gasteiger partial charge in [-0.15, -0.1) is 0 Å². The Hall–Kier alpha value is -0.660. The molecule has 0 aromatic heterocycles. The van der Waals surface area contributed by atoms with Crippen molar-refractivity contribution >= 4 is 12.1 Å². The fraction of sp³-hybridized carbons (Fsp3) is 0.909. The van der Waals surface area contributed by atoms with E-state index >= 15 is 0 Å². The van der Waals surface area contributed by atoms with E-state index in [0.717, 1.165) is 32.0 Å². The van der Waals surface area contributed by atoms with Gasteiger partial charge >= 0.3 is 0 Å². The minimum Gasteiger partial charge on any atom is -0.303 e. The first kappa shape index (κ1) is 25.6. The van der Waals surface area contributed by atoms with Crippen LogP contribution in [0, 0.1) is 0 Å². The molecular weight excluding hydrogens is 296 g/mol. The van der Waals surface area contributed by atoms with Gasteiger partial charge in [0.15, 0.2) is 0 Å². The van der Waals surface area contributed by atoms with E-state index in [0.29, 0.717) is 5.78 Å². The summed E-state index contributed by atoms with van der Waals surface area (Å²) in [6, 6.07) is 0. The van der Waals surface area contributed by atoms with E-state index in [9.17, 15) is 9.59 Å². The highest BCUT2D eigenvalue weighted by atomic mass is 16.1. The maximum absolute atomic E-state index is 10.7. The van der Waals surface area contributed by atoms with Gasteiger partial charge in [0.1, 0.15) is 12.1 Å². The van der Waals surface area contributed by atoms with Crippen LogP contribution in [0.4, 0.5) is 0 Å². The number of ketones is 1. The predicted molar refractivity (Wildman–Crippen MR) is 107 cm³/mol. The summed E-state index contributed by atoms with van der Waals surface area (Å²) in [4.78, 5) is 20.5. The van der Waals surface area contributed by atoms with Crippen molar-refractivity contribution < 1.29 is 9.59 Å². The van der Waals surface area contributed by atoms with Crippen LogP contribution in [0.2, 0.25) is 0 Å². The second-order valence-corrected chi connectivity index (χ2v) is 7.00. The van der Waals surface area contributed by atoms with Gasteiger partial charge in [-0.25, -0.2) is 0 Å². The van der Waals surface area contributed by atoms with Crippen LogP contribution in [0.15, 0.2) is 0 Å². The Morgan fingerprint density at radius 2 is 1.00 bits per heavy atom. The minimum absolute atomic E-state index is 0.341. The molecule has 0 saturated heterocycles. The van der Waals surface area contributed by atoms with Crippen LogP contribution in [0.5, 0.6) is 0 Å². The van der Waals surface area contributed by atoms with E-state index in [1.165, 1.54) is 83.5 Å². The summed E-state index contributed by atoms with van der Waals surface area (Å²) in [6.45, 7) is 6.15. The number of unbranched alkanes of at least 4 members (excludes halogenated alkanes) is 14. The van der Waals surface area contributed by atoms with Crippen LogP contribution in [-0.2, 0) is 9.59 Å². The van der Waals surface area contributed by atoms with E-state index in [1.807, 2.05) is 0 Å². The zero-order valence-electron chi connectivity index (χ0n) is 16.9. The first-order valence-corrected chi connectivity index (χ1v) is 10.6. The molecular formula is C22H44O2. The minimum atomic E-state index is 0.341. The van der Waals surface area contributed by atoms with Crippen molar-refractivity contribution in [1.82, 2.24) is 0 Å². The molecule has 0 atom stereocenters. The SMILES string of the molecule is CCCCCCCCC=O.CCCCCCCCCCCC(C)=O. The molecule has 0 radical (unpaired) electrons. The molecule has 0 aliphatic rings. The lowest BCUT2D eigenvalue weighted by Gasteiger charge is -2.00. The Labute approximate surface area is 152 Å². The van der Waals surface area contributed by atoms with Gasteiger partial charge in [-0.05, 0) is 19.8 Å². The van der Waals surface area contributed by atoms with E-state index in [1.54, 1.807) is 6.92 Å². The molecule has 0 unspecified atom stereocenters. The first-order valence-electron chi connectivity index (χ1n) is 10.6. The predicted octanol–water partition coefficient (Wildman–Crippen LogP) is 7.43. The number of hydrogen-bond acceptors (Lipinski definition) is 2. The van der Waals surface area contributed by atoms with Crippen LogP contribution in [0.3, 0.4) is 0 Å². The average molecular weight is 341 g/mol. The van der Waals surface area contributed by atoms with Crippen LogP contribution in [-0.4, -0.2) is 12.1 Å². The molecule has 0 spiro atoms. The Morgan fingerprint density at radius 3 is 1.38 bits per heavy atom. The Bertz CT molecular complexity index is 248. The van der Waals surface area contributed by atoms with Crippen molar-refractivity contribution in [2.24, 2.45) is 0 Å². The van der Waals surface area contributed by atoms with Gasteiger partial charge in [0.05, 0.1) is 0 Å². The maximum atomic E-state index is 10.7. The molecule has 2 heteroatoms. The molecule has 0 N–H and O–H groups in total. The van der Waals surface area contributed by atoms with Gasteiger partial charge in [0, 0.05) is 12.8 Å². The molecule has 0 aromatic rings. The summed E-state index contributed by atoms with van der Waals surface area (Å²) in [5.41, 5.74) is 0. The summed E-state index contributed by atoms with van der Waals surface area (Å²) >= 11 is 0. The normalized spacial score (nSPS) is 10.1. The quantitative estimate of drug-likeness (QED) is 0.204. The number of Topliss-reactive ketones (excluding diaryl/α,β-unsaturated/α-hetero) is 1. The number of rotatable bonds is 17. The largest absolute Gasteiger partial charge is 0.303 e. The molecule has 0 aliphatic carbocycles. The van der Waals surface area contributed by atoms with Crippen molar-refractivity contribution in [2.45, 2.75) is 130 Å². The second kappa shape index (κ2) is 24.6. The summed E-state index contributed by atoms with van der Waals surface area (Å²) in [5, 5.41) is 0. The van der Waals surface area contributed by atoms with Gasteiger partial charge in [0.2, 0.25) is 0 Å². The van der Waals surface area contributed by atoms with E-state index in [2.05, 4.69) is 13.8 Å². The standard InChI is InChI=1S/C13H26O.C9H18O/c1-3-4-5-6-7-8-9-10-11-12-13(2)14;1-2-3-4-5-6-7-8-9-10/h3-12H2,1-2H3;9H,2-8H2,1H3. The lowest BCUT2D eigenvalue weighted by Crippen LogP contribution is -1.89.